The predicted octanol–water partition coefficient (Wildman–Crippen LogP) is 2.28. The number of piperidine rings is 1. The van der Waals surface area contributed by atoms with E-state index in [2.05, 4.69) is 18.0 Å². The molecule has 2 aliphatic heterocycles. The number of anilines is 1. The Balaban J connectivity index is 1.47. The van der Waals surface area contributed by atoms with Crippen LogP contribution in [0.3, 0.4) is 0 Å². The van der Waals surface area contributed by atoms with Crippen molar-refractivity contribution >= 4 is 21.6 Å². The van der Waals surface area contributed by atoms with E-state index in [1.807, 2.05) is 18.2 Å². The Hall–Kier alpha value is -2.19. The summed E-state index contributed by atoms with van der Waals surface area (Å²) in [6.45, 7) is 3.96. The maximum absolute atomic E-state index is 12.8. The number of hydrogen-bond donors (Lipinski definition) is 0. The maximum Gasteiger partial charge on any atom is 0.262 e. The summed E-state index contributed by atoms with van der Waals surface area (Å²) in [5.41, 5.74) is 2.13. The molecule has 0 bridgehead atoms. The van der Waals surface area contributed by atoms with Crippen LogP contribution in [0.4, 0.5) is 5.69 Å². The Bertz CT molecular complexity index is 961. The Morgan fingerprint density at radius 1 is 1.18 bits per heavy atom. The Kier molecular flexibility index (Phi) is 5.25. The number of imidazole rings is 1. The number of fused-ring (bicyclic) bond motifs is 1. The lowest BCUT2D eigenvalue weighted by molar-refractivity contribution is -0.119. The Morgan fingerprint density at radius 3 is 2.71 bits per heavy atom. The SMILES string of the molecule is CC1CCN(S(=O)(=O)c2cn(CC(=O)N3CCCc4ccccc43)cn2)CC1. The zero-order valence-corrected chi connectivity index (χ0v) is 16.9. The van der Waals surface area contributed by atoms with Crippen LogP contribution < -0.4 is 4.90 Å². The van der Waals surface area contributed by atoms with Crippen molar-refractivity contribution in [3.05, 3.63) is 42.4 Å². The lowest BCUT2D eigenvalue weighted by atomic mass is 10.0. The van der Waals surface area contributed by atoms with Crippen molar-refractivity contribution in [1.29, 1.82) is 0 Å². The van der Waals surface area contributed by atoms with Gasteiger partial charge in [-0.25, -0.2) is 13.4 Å². The van der Waals surface area contributed by atoms with Gasteiger partial charge in [0.05, 0.1) is 6.33 Å². The fourth-order valence-electron chi connectivity index (χ4n) is 3.95. The molecule has 3 heterocycles. The van der Waals surface area contributed by atoms with Crippen molar-refractivity contribution in [2.24, 2.45) is 5.92 Å². The molecule has 4 rings (SSSR count). The second-order valence-corrected chi connectivity index (χ2v) is 9.63. The zero-order valence-electron chi connectivity index (χ0n) is 16.1. The highest BCUT2D eigenvalue weighted by atomic mass is 32.2. The molecule has 1 aromatic heterocycles. The molecule has 1 aromatic carbocycles. The van der Waals surface area contributed by atoms with Crippen LogP contribution in [-0.4, -0.2) is 47.8 Å². The van der Waals surface area contributed by atoms with Crippen LogP contribution in [0.5, 0.6) is 0 Å². The molecule has 0 saturated carbocycles. The normalized spacial score (nSPS) is 18.8. The van der Waals surface area contributed by atoms with E-state index >= 15 is 0 Å². The zero-order chi connectivity index (χ0) is 19.7. The highest BCUT2D eigenvalue weighted by Gasteiger charge is 2.30. The molecule has 2 aromatic rings. The van der Waals surface area contributed by atoms with Gasteiger partial charge in [0.1, 0.15) is 6.54 Å². The van der Waals surface area contributed by atoms with Gasteiger partial charge in [-0.3, -0.25) is 4.79 Å². The first-order chi connectivity index (χ1) is 13.4. The molecule has 0 radical (unpaired) electrons. The van der Waals surface area contributed by atoms with Crippen molar-refractivity contribution in [1.82, 2.24) is 13.9 Å². The molecule has 2 aliphatic rings. The molecule has 0 N–H and O–H groups in total. The molecule has 7 nitrogen and oxygen atoms in total. The summed E-state index contributed by atoms with van der Waals surface area (Å²) >= 11 is 0. The fourth-order valence-corrected chi connectivity index (χ4v) is 5.36. The summed E-state index contributed by atoms with van der Waals surface area (Å²) in [5.74, 6) is 0.495. The highest BCUT2D eigenvalue weighted by Crippen LogP contribution is 2.27. The number of hydrogen-bond acceptors (Lipinski definition) is 4. The van der Waals surface area contributed by atoms with E-state index < -0.39 is 10.0 Å². The summed E-state index contributed by atoms with van der Waals surface area (Å²) in [6, 6.07) is 7.94. The molecule has 0 aliphatic carbocycles. The maximum atomic E-state index is 12.8. The molecule has 1 amide bonds. The molecule has 8 heteroatoms. The molecule has 0 spiro atoms. The molecule has 1 saturated heterocycles. The number of carbonyl (C=O) groups is 1. The second kappa shape index (κ2) is 7.67. The number of aryl methyl sites for hydroxylation is 1. The number of benzene rings is 1. The van der Waals surface area contributed by atoms with E-state index in [-0.39, 0.29) is 17.5 Å². The summed E-state index contributed by atoms with van der Waals surface area (Å²) in [4.78, 5) is 18.7. The van der Waals surface area contributed by atoms with E-state index in [1.54, 1.807) is 9.47 Å². The van der Waals surface area contributed by atoms with Gasteiger partial charge >= 0.3 is 0 Å². The van der Waals surface area contributed by atoms with E-state index in [0.29, 0.717) is 25.6 Å². The van der Waals surface area contributed by atoms with E-state index in [4.69, 9.17) is 0 Å². The Morgan fingerprint density at radius 2 is 1.93 bits per heavy atom. The third-order valence-corrected chi connectivity index (χ3v) is 7.47. The van der Waals surface area contributed by atoms with E-state index in [1.165, 1.54) is 22.4 Å². The van der Waals surface area contributed by atoms with Gasteiger partial charge in [-0.05, 0) is 43.2 Å². The Labute approximate surface area is 166 Å². The predicted molar refractivity (Wildman–Crippen MR) is 106 cm³/mol. The van der Waals surface area contributed by atoms with Gasteiger partial charge in [0, 0.05) is 31.5 Å². The first-order valence-corrected chi connectivity index (χ1v) is 11.3. The molecule has 28 heavy (non-hydrogen) atoms. The van der Waals surface area contributed by atoms with Crippen LogP contribution in [0.15, 0.2) is 41.8 Å². The monoisotopic (exact) mass is 402 g/mol. The number of aromatic nitrogens is 2. The van der Waals surface area contributed by atoms with Gasteiger partial charge in [0.15, 0.2) is 5.03 Å². The van der Waals surface area contributed by atoms with Crippen molar-refractivity contribution in [2.75, 3.05) is 24.5 Å². The average molecular weight is 403 g/mol. The average Bonchev–Trinajstić information content (AvgIpc) is 3.17. The largest absolute Gasteiger partial charge is 0.327 e. The third-order valence-electron chi connectivity index (χ3n) is 5.69. The highest BCUT2D eigenvalue weighted by molar-refractivity contribution is 7.89. The molecular formula is C20H26N4O3S. The summed E-state index contributed by atoms with van der Waals surface area (Å²) in [6.07, 6.45) is 6.55. The minimum absolute atomic E-state index is 0.0221. The van der Waals surface area contributed by atoms with Crippen LogP contribution >= 0.6 is 0 Å². The topological polar surface area (TPSA) is 75.5 Å². The smallest absolute Gasteiger partial charge is 0.262 e. The van der Waals surface area contributed by atoms with Crippen molar-refractivity contribution in [3.8, 4) is 0 Å². The van der Waals surface area contributed by atoms with Crippen molar-refractivity contribution < 1.29 is 13.2 Å². The summed E-state index contributed by atoms with van der Waals surface area (Å²) in [5, 5.41) is 0.0221. The first-order valence-electron chi connectivity index (χ1n) is 9.85. The molecule has 1 fully saturated rings. The summed E-state index contributed by atoms with van der Waals surface area (Å²) in [7, 11) is -3.60. The minimum Gasteiger partial charge on any atom is -0.327 e. The number of nitrogens with zero attached hydrogens (tertiary/aromatic N) is 4. The first kappa shape index (κ1) is 19.1. The lowest BCUT2D eigenvalue weighted by Gasteiger charge is -2.29. The summed E-state index contributed by atoms with van der Waals surface area (Å²) < 4.78 is 28.7. The van der Waals surface area contributed by atoms with Crippen LogP contribution in [0.25, 0.3) is 0 Å². The van der Waals surface area contributed by atoms with Crippen molar-refractivity contribution in [3.63, 3.8) is 0 Å². The number of amides is 1. The molecule has 150 valence electrons. The van der Waals surface area contributed by atoms with E-state index in [0.717, 1.165) is 31.4 Å². The number of rotatable bonds is 4. The minimum atomic E-state index is -3.60. The lowest BCUT2D eigenvalue weighted by Crippen LogP contribution is -2.38. The van der Waals surface area contributed by atoms with Gasteiger partial charge in [0.25, 0.3) is 10.0 Å². The van der Waals surface area contributed by atoms with Gasteiger partial charge in [-0.1, -0.05) is 25.1 Å². The number of carbonyl (C=O) groups excluding carboxylic acids is 1. The van der Waals surface area contributed by atoms with Crippen LogP contribution in [0.1, 0.15) is 31.7 Å². The number of para-hydroxylation sites is 1. The molecule has 0 unspecified atom stereocenters. The van der Waals surface area contributed by atoms with Gasteiger partial charge in [-0.2, -0.15) is 4.31 Å². The van der Waals surface area contributed by atoms with Gasteiger partial charge in [-0.15, -0.1) is 0 Å². The van der Waals surface area contributed by atoms with Crippen LogP contribution in [0, 0.1) is 5.92 Å². The quantitative estimate of drug-likeness (QED) is 0.786. The van der Waals surface area contributed by atoms with E-state index in [9.17, 15) is 13.2 Å². The second-order valence-electron chi connectivity index (χ2n) is 7.75. The third kappa shape index (κ3) is 3.71. The standard InChI is InChI=1S/C20H26N4O3S/c1-16-8-11-23(12-9-16)28(26,27)19-13-22(15-21-19)14-20(25)24-10-4-6-17-5-2-3-7-18(17)24/h2-3,5,7,13,15-16H,4,6,8-12,14H2,1H3. The fraction of sp³-hybridized carbons (Fsp3) is 0.500. The number of sulfonamides is 1. The molecule has 0 atom stereocenters. The van der Waals surface area contributed by atoms with Crippen LogP contribution in [-0.2, 0) is 27.8 Å². The van der Waals surface area contributed by atoms with Gasteiger partial charge in [0.2, 0.25) is 5.91 Å². The van der Waals surface area contributed by atoms with Crippen molar-refractivity contribution in [2.45, 2.75) is 44.2 Å². The molecular weight excluding hydrogens is 376 g/mol. The van der Waals surface area contributed by atoms with Gasteiger partial charge < -0.3 is 9.47 Å². The van der Waals surface area contributed by atoms with Crippen LogP contribution in [0.2, 0.25) is 0 Å².